The van der Waals surface area contributed by atoms with Gasteiger partial charge in [-0.15, -0.1) is 0 Å². The lowest BCUT2D eigenvalue weighted by Crippen LogP contribution is -2.04. The molecule has 2 N–H and O–H groups in total. The summed E-state index contributed by atoms with van der Waals surface area (Å²) in [5, 5.41) is 0. The average molecular weight is 245 g/mol. The fourth-order valence-electron chi connectivity index (χ4n) is 1.99. The van der Waals surface area contributed by atoms with E-state index in [1.54, 1.807) is 7.11 Å². The van der Waals surface area contributed by atoms with Gasteiger partial charge in [-0.3, -0.25) is 0 Å². The van der Waals surface area contributed by atoms with Crippen LogP contribution < -0.4 is 10.5 Å². The van der Waals surface area contributed by atoms with E-state index in [4.69, 9.17) is 10.5 Å². The van der Waals surface area contributed by atoms with Gasteiger partial charge >= 0.3 is 0 Å². The second-order valence-corrected chi connectivity index (χ2v) is 4.14. The van der Waals surface area contributed by atoms with Crippen LogP contribution in [0.1, 0.15) is 12.8 Å². The van der Waals surface area contributed by atoms with Crippen molar-refractivity contribution in [2.75, 3.05) is 13.7 Å². The zero-order chi connectivity index (χ0) is 12.8. The first-order chi connectivity index (χ1) is 8.86. The van der Waals surface area contributed by atoms with Crippen LogP contribution in [-0.4, -0.2) is 23.2 Å². The third kappa shape index (κ3) is 2.71. The van der Waals surface area contributed by atoms with E-state index in [1.807, 2.05) is 36.7 Å². The molecule has 18 heavy (non-hydrogen) atoms. The number of nitrogens with two attached hydrogens (primary N) is 1. The van der Waals surface area contributed by atoms with Gasteiger partial charge in [-0.25, -0.2) is 4.98 Å². The Bertz CT molecular complexity index is 493. The number of para-hydroxylation sites is 1. The highest BCUT2D eigenvalue weighted by Crippen LogP contribution is 2.28. The highest BCUT2D eigenvalue weighted by atomic mass is 16.5. The molecule has 0 bridgehead atoms. The number of hydrogen-bond donors (Lipinski definition) is 1. The largest absolute Gasteiger partial charge is 0.496 e. The summed E-state index contributed by atoms with van der Waals surface area (Å²) in [4.78, 5) is 4.43. The van der Waals surface area contributed by atoms with Crippen molar-refractivity contribution in [2.45, 2.75) is 19.4 Å². The summed E-state index contributed by atoms with van der Waals surface area (Å²) >= 11 is 0. The molecule has 0 aliphatic rings. The Morgan fingerprint density at radius 2 is 2.11 bits per heavy atom. The van der Waals surface area contributed by atoms with E-state index in [9.17, 15) is 0 Å². The van der Waals surface area contributed by atoms with Crippen LogP contribution >= 0.6 is 0 Å². The number of benzene rings is 1. The molecule has 0 spiro atoms. The third-order valence-electron chi connectivity index (χ3n) is 2.92. The lowest BCUT2D eigenvalue weighted by atomic mass is 10.2. The maximum Gasteiger partial charge on any atom is 0.143 e. The molecule has 4 nitrogen and oxygen atoms in total. The fourth-order valence-corrected chi connectivity index (χ4v) is 1.99. The van der Waals surface area contributed by atoms with Crippen LogP contribution in [0.15, 0.2) is 36.7 Å². The first kappa shape index (κ1) is 12.6. The minimum absolute atomic E-state index is 0.735. The van der Waals surface area contributed by atoms with Crippen LogP contribution in [0.3, 0.4) is 0 Å². The number of unbranched alkanes of at least 4 members (excludes halogenated alkanes) is 1. The third-order valence-corrected chi connectivity index (χ3v) is 2.92. The van der Waals surface area contributed by atoms with Crippen LogP contribution in [0.25, 0.3) is 11.4 Å². The molecule has 1 aromatic heterocycles. The van der Waals surface area contributed by atoms with Crippen molar-refractivity contribution in [2.24, 2.45) is 5.73 Å². The molecule has 0 unspecified atom stereocenters. The molecule has 2 rings (SSSR count). The SMILES string of the molecule is COc1ccccc1-c1nccn1CCCCN. The predicted molar refractivity (Wildman–Crippen MR) is 72.5 cm³/mol. The summed E-state index contributed by atoms with van der Waals surface area (Å²) in [5.74, 6) is 1.80. The number of ether oxygens (including phenoxy) is 1. The van der Waals surface area contributed by atoms with E-state index >= 15 is 0 Å². The monoisotopic (exact) mass is 245 g/mol. The summed E-state index contributed by atoms with van der Waals surface area (Å²) in [5.41, 5.74) is 6.54. The highest BCUT2D eigenvalue weighted by molar-refractivity contribution is 5.64. The normalized spacial score (nSPS) is 10.6. The summed E-state index contributed by atoms with van der Waals surface area (Å²) < 4.78 is 7.52. The van der Waals surface area contributed by atoms with E-state index in [0.717, 1.165) is 43.1 Å². The molecule has 0 saturated heterocycles. The van der Waals surface area contributed by atoms with Gasteiger partial charge in [0.2, 0.25) is 0 Å². The molecule has 0 fully saturated rings. The quantitative estimate of drug-likeness (QED) is 0.794. The van der Waals surface area contributed by atoms with Crippen LogP contribution in [0.4, 0.5) is 0 Å². The van der Waals surface area contributed by atoms with Crippen molar-refractivity contribution in [3.8, 4) is 17.1 Å². The van der Waals surface area contributed by atoms with Crippen LogP contribution in [0.5, 0.6) is 5.75 Å². The lowest BCUT2D eigenvalue weighted by molar-refractivity contribution is 0.416. The van der Waals surface area contributed by atoms with Crippen molar-refractivity contribution in [3.05, 3.63) is 36.7 Å². The zero-order valence-corrected chi connectivity index (χ0v) is 10.7. The summed E-state index contributed by atoms with van der Waals surface area (Å²) in [7, 11) is 1.68. The predicted octanol–water partition coefficient (Wildman–Crippen LogP) is 2.30. The zero-order valence-electron chi connectivity index (χ0n) is 10.7. The Balaban J connectivity index is 2.25. The Hall–Kier alpha value is -1.81. The van der Waals surface area contributed by atoms with Crippen LogP contribution in [0, 0.1) is 0 Å². The van der Waals surface area contributed by atoms with E-state index in [-0.39, 0.29) is 0 Å². The van der Waals surface area contributed by atoms with Crippen LogP contribution in [0.2, 0.25) is 0 Å². The molecule has 2 aromatic rings. The standard InChI is InChI=1S/C14H19N3O/c1-18-13-7-3-2-6-12(13)14-16-9-11-17(14)10-5-4-8-15/h2-3,6-7,9,11H,4-5,8,10,15H2,1H3. The molecular weight excluding hydrogens is 226 g/mol. The van der Waals surface area contributed by atoms with Crippen molar-refractivity contribution < 1.29 is 4.74 Å². The number of aromatic nitrogens is 2. The van der Waals surface area contributed by atoms with Gasteiger partial charge in [-0.05, 0) is 31.5 Å². The van der Waals surface area contributed by atoms with Crippen molar-refractivity contribution in [1.29, 1.82) is 0 Å². The number of aryl methyl sites for hydroxylation is 1. The van der Waals surface area contributed by atoms with Gasteiger partial charge in [0.25, 0.3) is 0 Å². The molecule has 0 saturated carbocycles. The number of imidazole rings is 1. The van der Waals surface area contributed by atoms with E-state index < -0.39 is 0 Å². The summed E-state index contributed by atoms with van der Waals surface area (Å²) in [6.45, 7) is 1.67. The van der Waals surface area contributed by atoms with Crippen molar-refractivity contribution >= 4 is 0 Å². The number of nitrogens with zero attached hydrogens (tertiary/aromatic N) is 2. The van der Waals surface area contributed by atoms with Gasteiger partial charge in [-0.1, -0.05) is 12.1 Å². The minimum Gasteiger partial charge on any atom is -0.496 e. The highest BCUT2D eigenvalue weighted by Gasteiger charge is 2.10. The van der Waals surface area contributed by atoms with Gasteiger partial charge in [0.05, 0.1) is 12.7 Å². The Labute approximate surface area is 107 Å². The van der Waals surface area contributed by atoms with Gasteiger partial charge in [0, 0.05) is 18.9 Å². The van der Waals surface area contributed by atoms with E-state index in [2.05, 4.69) is 9.55 Å². The molecule has 4 heteroatoms. The minimum atomic E-state index is 0.735. The fraction of sp³-hybridized carbons (Fsp3) is 0.357. The summed E-state index contributed by atoms with van der Waals surface area (Å²) in [6, 6.07) is 7.94. The molecule has 0 radical (unpaired) electrons. The molecule has 1 heterocycles. The maximum absolute atomic E-state index is 5.52. The average Bonchev–Trinajstić information content (AvgIpc) is 2.87. The Morgan fingerprint density at radius 1 is 1.28 bits per heavy atom. The first-order valence-corrected chi connectivity index (χ1v) is 6.21. The van der Waals surface area contributed by atoms with Gasteiger partial charge in [-0.2, -0.15) is 0 Å². The van der Waals surface area contributed by atoms with E-state index in [0.29, 0.717) is 0 Å². The van der Waals surface area contributed by atoms with E-state index in [1.165, 1.54) is 0 Å². The second-order valence-electron chi connectivity index (χ2n) is 4.14. The summed E-state index contributed by atoms with van der Waals surface area (Å²) in [6.07, 6.45) is 5.92. The number of hydrogen-bond acceptors (Lipinski definition) is 3. The van der Waals surface area contributed by atoms with Crippen molar-refractivity contribution in [3.63, 3.8) is 0 Å². The Morgan fingerprint density at radius 3 is 2.89 bits per heavy atom. The molecule has 0 aliphatic carbocycles. The molecular formula is C14H19N3O. The topological polar surface area (TPSA) is 53.1 Å². The molecule has 0 aliphatic heterocycles. The van der Waals surface area contributed by atoms with Crippen molar-refractivity contribution in [1.82, 2.24) is 9.55 Å². The Kier molecular flexibility index (Phi) is 4.36. The molecule has 0 atom stereocenters. The molecule has 96 valence electrons. The first-order valence-electron chi connectivity index (χ1n) is 6.21. The smallest absolute Gasteiger partial charge is 0.143 e. The second kappa shape index (κ2) is 6.21. The number of methoxy groups -OCH3 is 1. The molecule has 1 aromatic carbocycles. The van der Waals surface area contributed by atoms with Gasteiger partial charge in [0.15, 0.2) is 0 Å². The lowest BCUT2D eigenvalue weighted by Gasteiger charge is -2.10. The maximum atomic E-state index is 5.52. The number of rotatable bonds is 6. The van der Waals surface area contributed by atoms with Gasteiger partial charge in [0.1, 0.15) is 11.6 Å². The van der Waals surface area contributed by atoms with Crippen LogP contribution in [-0.2, 0) is 6.54 Å². The molecule has 0 amide bonds. The van der Waals surface area contributed by atoms with Gasteiger partial charge < -0.3 is 15.0 Å².